The summed E-state index contributed by atoms with van der Waals surface area (Å²) in [5, 5.41) is 14.0. The van der Waals surface area contributed by atoms with Crippen molar-refractivity contribution >= 4 is 5.91 Å². The highest BCUT2D eigenvalue weighted by Gasteiger charge is 2.32. The lowest BCUT2D eigenvalue weighted by Crippen LogP contribution is -2.43. The zero-order chi connectivity index (χ0) is 24.3. The van der Waals surface area contributed by atoms with Gasteiger partial charge in [0.05, 0.1) is 23.6 Å². The molecule has 0 aliphatic heterocycles. The fourth-order valence-electron chi connectivity index (χ4n) is 4.53. The number of halogens is 4. The number of aliphatic hydroxyl groups is 1. The highest BCUT2D eigenvalue weighted by Crippen LogP contribution is 2.33. The number of fused-ring (bicyclic) bond motifs is 1. The van der Waals surface area contributed by atoms with E-state index in [9.17, 15) is 27.5 Å². The Morgan fingerprint density at radius 2 is 1.68 bits per heavy atom. The van der Waals surface area contributed by atoms with Gasteiger partial charge in [-0.15, -0.1) is 0 Å². The van der Waals surface area contributed by atoms with E-state index >= 15 is 0 Å². The SMILES string of the molecule is O=C(NC(Cc1ccc(C(F)(F)F)cc1)C(O)c1ccc(F)cc1)C1CCCc2ccccc21. The first-order chi connectivity index (χ1) is 16.2. The van der Waals surface area contributed by atoms with Gasteiger partial charge in [-0.1, -0.05) is 48.5 Å². The molecule has 1 aliphatic rings. The maximum Gasteiger partial charge on any atom is 0.416 e. The number of alkyl halides is 3. The van der Waals surface area contributed by atoms with Crippen LogP contribution in [-0.4, -0.2) is 17.1 Å². The highest BCUT2D eigenvalue weighted by atomic mass is 19.4. The summed E-state index contributed by atoms with van der Waals surface area (Å²) in [6.45, 7) is 0. The van der Waals surface area contributed by atoms with Crippen molar-refractivity contribution in [3.05, 3.63) is 106 Å². The first kappa shape index (κ1) is 24.0. The fourth-order valence-corrected chi connectivity index (χ4v) is 4.53. The van der Waals surface area contributed by atoms with Crippen LogP contribution < -0.4 is 5.32 Å². The molecule has 0 fully saturated rings. The molecular weight excluding hydrogens is 446 g/mol. The summed E-state index contributed by atoms with van der Waals surface area (Å²) in [6.07, 6.45) is -3.09. The Morgan fingerprint density at radius 1 is 1.00 bits per heavy atom. The molecule has 0 saturated heterocycles. The third-order valence-corrected chi connectivity index (χ3v) is 6.34. The van der Waals surface area contributed by atoms with E-state index in [0.717, 1.165) is 36.1 Å². The molecule has 3 aromatic rings. The van der Waals surface area contributed by atoms with Crippen LogP contribution in [0.4, 0.5) is 17.6 Å². The van der Waals surface area contributed by atoms with Gasteiger partial charge < -0.3 is 10.4 Å². The molecular formula is C27H25F4NO2. The second kappa shape index (κ2) is 9.97. The van der Waals surface area contributed by atoms with E-state index in [1.807, 2.05) is 24.3 Å². The predicted molar refractivity (Wildman–Crippen MR) is 121 cm³/mol. The van der Waals surface area contributed by atoms with Crippen LogP contribution in [0.3, 0.4) is 0 Å². The molecule has 178 valence electrons. The standard InChI is InChI=1S/C27H25F4NO2/c28-21-14-10-19(11-15-21)25(33)24(16-17-8-12-20(13-9-17)27(29,30)31)32-26(34)23-7-3-5-18-4-1-2-6-22(18)23/h1-2,4,6,8-15,23-25,33H,3,5,7,16H2,(H,32,34). The zero-order valence-corrected chi connectivity index (χ0v) is 18.4. The minimum Gasteiger partial charge on any atom is -0.386 e. The van der Waals surface area contributed by atoms with Crippen LogP contribution in [0.5, 0.6) is 0 Å². The molecule has 3 aromatic carbocycles. The van der Waals surface area contributed by atoms with Gasteiger partial charge in [0.15, 0.2) is 0 Å². The molecule has 1 amide bonds. The number of amides is 1. The molecule has 3 atom stereocenters. The Labute approximate surface area is 195 Å². The second-order valence-corrected chi connectivity index (χ2v) is 8.65. The number of nitrogens with one attached hydrogen (secondary N) is 1. The van der Waals surface area contributed by atoms with Crippen LogP contribution in [0.1, 0.15) is 52.7 Å². The van der Waals surface area contributed by atoms with Crippen molar-refractivity contribution in [2.75, 3.05) is 0 Å². The summed E-state index contributed by atoms with van der Waals surface area (Å²) >= 11 is 0. The number of rotatable bonds is 6. The molecule has 0 heterocycles. The van der Waals surface area contributed by atoms with Gasteiger partial charge in [0, 0.05) is 0 Å². The van der Waals surface area contributed by atoms with E-state index in [2.05, 4.69) is 5.32 Å². The average molecular weight is 471 g/mol. The van der Waals surface area contributed by atoms with Gasteiger partial charge in [0.25, 0.3) is 0 Å². The number of hydrogen-bond donors (Lipinski definition) is 2. The summed E-state index contributed by atoms with van der Waals surface area (Å²) in [7, 11) is 0. The number of benzene rings is 3. The highest BCUT2D eigenvalue weighted by molar-refractivity contribution is 5.84. The van der Waals surface area contributed by atoms with E-state index in [4.69, 9.17) is 0 Å². The molecule has 0 saturated carbocycles. The quantitative estimate of drug-likeness (QED) is 0.452. The molecule has 1 aliphatic carbocycles. The molecule has 3 unspecified atom stereocenters. The molecule has 0 spiro atoms. The first-order valence-electron chi connectivity index (χ1n) is 11.2. The predicted octanol–water partition coefficient (Wildman–Crippen LogP) is 5.73. The third kappa shape index (κ3) is 5.47. The van der Waals surface area contributed by atoms with Gasteiger partial charge in [-0.2, -0.15) is 13.2 Å². The summed E-state index contributed by atoms with van der Waals surface area (Å²) in [5.41, 5.74) is 2.24. The van der Waals surface area contributed by atoms with Crippen molar-refractivity contribution in [3.8, 4) is 0 Å². The topological polar surface area (TPSA) is 49.3 Å². The zero-order valence-electron chi connectivity index (χ0n) is 18.4. The van der Waals surface area contributed by atoms with Crippen molar-refractivity contribution in [2.45, 2.75) is 49.9 Å². The van der Waals surface area contributed by atoms with Crippen molar-refractivity contribution in [3.63, 3.8) is 0 Å². The van der Waals surface area contributed by atoms with Crippen LogP contribution in [0.2, 0.25) is 0 Å². The van der Waals surface area contributed by atoms with Crippen LogP contribution in [0.15, 0.2) is 72.8 Å². The van der Waals surface area contributed by atoms with Crippen LogP contribution in [0.25, 0.3) is 0 Å². The Balaban J connectivity index is 1.58. The van der Waals surface area contributed by atoms with E-state index in [-0.39, 0.29) is 18.2 Å². The van der Waals surface area contributed by atoms with Crippen molar-refractivity contribution in [1.29, 1.82) is 0 Å². The van der Waals surface area contributed by atoms with Crippen LogP contribution in [-0.2, 0) is 23.8 Å². The van der Waals surface area contributed by atoms with Gasteiger partial charge in [-0.3, -0.25) is 4.79 Å². The molecule has 0 radical (unpaired) electrons. The maximum atomic E-state index is 13.4. The number of carbonyl (C=O) groups excluding carboxylic acids is 1. The molecule has 34 heavy (non-hydrogen) atoms. The lowest BCUT2D eigenvalue weighted by Gasteiger charge is -2.29. The summed E-state index contributed by atoms with van der Waals surface area (Å²) in [4.78, 5) is 13.3. The van der Waals surface area contributed by atoms with E-state index in [1.54, 1.807) is 0 Å². The van der Waals surface area contributed by atoms with Gasteiger partial charge >= 0.3 is 6.18 Å². The first-order valence-corrected chi connectivity index (χ1v) is 11.2. The van der Waals surface area contributed by atoms with Crippen molar-refractivity contribution in [2.24, 2.45) is 0 Å². The molecule has 7 heteroatoms. The van der Waals surface area contributed by atoms with Gasteiger partial charge in [0.2, 0.25) is 5.91 Å². The van der Waals surface area contributed by atoms with Crippen molar-refractivity contribution in [1.82, 2.24) is 5.32 Å². The normalized spacial score (nSPS) is 17.5. The fraction of sp³-hybridized carbons (Fsp3) is 0.296. The smallest absolute Gasteiger partial charge is 0.386 e. The summed E-state index contributed by atoms with van der Waals surface area (Å²) in [6, 6.07) is 16.9. The maximum absolute atomic E-state index is 13.4. The minimum atomic E-state index is -4.45. The molecule has 2 N–H and O–H groups in total. The van der Waals surface area contributed by atoms with Gasteiger partial charge in [-0.05, 0) is 72.2 Å². The van der Waals surface area contributed by atoms with E-state index in [0.29, 0.717) is 17.5 Å². The van der Waals surface area contributed by atoms with Crippen molar-refractivity contribution < 1.29 is 27.5 Å². The van der Waals surface area contributed by atoms with Crippen LogP contribution >= 0.6 is 0 Å². The lowest BCUT2D eigenvalue weighted by atomic mass is 9.82. The number of hydrogen-bond acceptors (Lipinski definition) is 2. The molecule has 4 rings (SSSR count). The average Bonchev–Trinajstić information content (AvgIpc) is 2.83. The Bertz CT molecular complexity index is 1130. The molecule has 0 aromatic heterocycles. The summed E-state index contributed by atoms with van der Waals surface area (Å²) < 4.78 is 52.2. The number of carbonyl (C=O) groups is 1. The second-order valence-electron chi connectivity index (χ2n) is 8.65. The van der Waals surface area contributed by atoms with Crippen LogP contribution in [0, 0.1) is 5.82 Å². The Morgan fingerprint density at radius 3 is 2.35 bits per heavy atom. The van der Waals surface area contributed by atoms with Gasteiger partial charge in [0.1, 0.15) is 5.82 Å². The summed E-state index contributed by atoms with van der Waals surface area (Å²) in [5.74, 6) is -1.08. The van der Waals surface area contributed by atoms with Gasteiger partial charge in [-0.25, -0.2) is 4.39 Å². The van der Waals surface area contributed by atoms with E-state index in [1.165, 1.54) is 36.4 Å². The van der Waals surface area contributed by atoms with E-state index < -0.39 is 29.7 Å². The minimum absolute atomic E-state index is 0.108. The monoisotopic (exact) mass is 471 g/mol. The Kier molecular flexibility index (Phi) is 7.03. The molecule has 0 bridgehead atoms. The number of aryl methyl sites for hydroxylation is 1. The number of aliphatic hydroxyl groups excluding tert-OH is 1. The largest absolute Gasteiger partial charge is 0.416 e. The Hall–Kier alpha value is -3.19. The lowest BCUT2D eigenvalue weighted by molar-refractivity contribution is -0.137. The molecule has 3 nitrogen and oxygen atoms in total. The third-order valence-electron chi connectivity index (χ3n) is 6.34.